The zero-order valence-electron chi connectivity index (χ0n) is 14.2. The van der Waals surface area contributed by atoms with Crippen LogP contribution in [0.1, 0.15) is 34.1 Å². The highest BCUT2D eigenvalue weighted by Gasteiger charge is 2.28. The number of ether oxygens (including phenoxy) is 2. The monoisotopic (exact) mass is 366 g/mol. The van der Waals surface area contributed by atoms with Gasteiger partial charge in [-0.1, -0.05) is 12.1 Å². The van der Waals surface area contributed by atoms with Crippen LogP contribution in [0, 0.1) is 0 Å². The number of fused-ring (bicyclic) bond motifs is 2. The molecule has 0 N–H and O–H groups in total. The Balaban J connectivity index is 1.37. The van der Waals surface area contributed by atoms with Gasteiger partial charge in [-0.15, -0.1) is 11.3 Å². The van der Waals surface area contributed by atoms with Crippen molar-refractivity contribution >= 4 is 27.5 Å². The van der Waals surface area contributed by atoms with Crippen molar-refractivity contribution < 1.29 is 14.3 Å². The summed E-state index contributed by atoms with van der Waals surface area (Å²) in [6, 6.07) is 13.6. The van der Waals surface area contributed by atoms with E-state index in [1.54, 1.807) is 17.4 Å². The number of nitrogens with zero attached hydrogens (tertiary/aromatic N) is 2. The van der Waals surface area contributed by atoms with Crippen LogP contribution in [0.5, 0.6) is 11.5 Å². The van der Waals surface area contributed by atoms with Crippen molar-refractivity contribution in [1.29, 1.82) is 0 Å². The molecule has 2 aliphatic heterocycles. The van der Waals surface area contributed by atoms with Gasteiger partial charge in [0, 0.05) is 24.6 Å². The van der Waals surface area contributed by atoms with E-state index in [0.717, 1.165) is 29.9 Å². The molecule has 2 aromatic carbocycles. The van der Waals surface area contributed by atoms with Gasteiger partial charge in [0.15, 0.2) is 11.5 Å². The minimum atomic E-state index is 0.0501. The second-order valence-electron chi connectivity index (χ2n) is 6.68. The molecule has 5 rings (SSSR count). The first-order chi connectivity index (χ1) is 12.8. The summed E-state index contributed by atoms with van der Waals surface area (Å²) < 4.78 is 11.9. The quantitative estimate of drug-likeness (QED) is 0.687. The van der Waals surface area contributed by atoms with Crippen molar-refractivity contribution in [3.05, 3.63) is 53.0 Å². The molecule has 0 spiro atoms. The minimum Gasteiger partial charge on any atom is -0.454 e. The van der Waals surface area contributed by atoms with Crippen molar-refractivity contribution in [3.63, 3.8) is 0 Å². The Kier molecular flexibility index (Phi) is 3.78. The van der Waals surface area contributed by atoms with Gasteiger partial charge in [0.1, 0.15) is 0 Å². The average Bonchev–Trinajstić information content (AvgIpc) is 3.33. The van der Waals surface area contributed by atoms with Gasteiger partial charge in [0.25, 0.3) is 5.91 Å². The molecule has 0 radical (unpaired) electrons. The number of carbonyl (C=O) groups excluding carboxylic acids is 1. The summed E-state index contributed by atoms with van der Waals surface area (Å²) in [6.45, 7) is 1.72. The zero-order valence-corrected chi connectivity index (χ0v) is 15.0. The lowest BCUT2D eigenvalue weighted by Gasteiger charge is -2.32. The molecule has 3 heterocycles. The molecule has 1 atom stereocenters. The Morgan fingerprint density at radius 1 is 1.15 bits per heavy atom. The van der Waals surface area contributed by atoms with Crippen molar-refractivity contribution in [3.8, 4) is 11.5 Å². The number of rotatable bonds is 2. The van der Waals surface area contributed by atoms with E-state index in [2.05, 4.69) is 6.07 Å². The molecule has 1 aromatic heterocycles. The van der Waals surface area contributed by atoms with Crippen LogP contribution in [-0.2, 0) is 0 Å². The molecular formula is C20H18N2O3S. The van der Waals surface area contributed by atoms with Gasteiger partial charge in [-0.3, -0.25) is 4.79 Å². The first kappa shape index (κ1) is 15.6. The van der Waals surface area contributed by atoms with Gasteiger partial charge in [0.2, 0.25) is 6.79 Å². The summed E-state index contributed by atoms with van der Waals surface area (Å²) in [5.74, 6) is 1.70. The molecule has 132 valence electrons. The van der Waals surface area contributed by atoms with Crippen LogP contribution in [0.15, 0.2) is 42.5 Å². The Morgan fingerprint density at radius 2 is 2.04 bits per heavy atom. The number of aromatic nitrogens is 1. The predicted octanol–water partition coefficient (Wildman–Crippen LogP) is 4.04. The van der Waals surface area contributed by atoms with Gasteiger partial charge < -0.3 is 14.4 Å². The maximum Gasteiger partial charge on any atom is 0.254 e. The number of amides is 1. The molecule has 0 saturated carbocycles. The van der Waals surface area contributed by atoms with Crippen molar-refractivity contribution in [2.24, 2.45) is 0 Å². The van der Waals surface area contributed by atoms with E-state index < -0.39 is 0 Å². The second-order valence-corrected chi connectivity index (χ2v) is 7.74. The summed E-state index contributed by atoms with van der Waals surface area (Å²) in [5.41, 5.74) is 1.70. The highest BCUT2D eigenvalue weighted by atomic mass is 32.1. The van der Waals surface area contributed by atoms with E-state index >= 15 is 0 Å². The fraction of sp³-hybridized carbons (Fsp3) is 0.300. The van der Waals surface area contributed by atoms with E-state index in [1.165, 1.54) is 4.70 Å². The standard InChI is InChI=1S/C20H18N2O3S/c23-20(13-7-8-16-17(10-13)25-12-24-16)22-9-3-4-14(11-22)19-21-15-5-1-2-6-18(15)26-19/h1-2,5-8,10,14H,3-4,9,11-12H2. The normalized spacial score (nSPS) is 19.1. The van der Waals surface area contributed by atoms with Gasteiger partial charge in [-0.2, -0.15) is 0 Å². The largest absolute Gasteiger partial charge is 0.454 e. The minimum absolute atomic E-state index is 0.0501. The van der Waals surface area contributed by atoms with Crippen molar-refractivity contribution in [2.75, 3.05) is 19.9 Å². The Labute approximate surface area is 155 Å². The lowest BCUT2D eigenvalue weighted by atomic mass is 9.98. The topological polar surface area (TPSA) is 51.7 Å². The van der Waals surface area contributed by atoms with Crippen LogP contribution in [0.3, 0.4) is 0 Å². The average molecular weight is 366 g/mol. The summed E-state index contributed by atoms with van der Waals surface area (Å²) >= 11 is 1.74. The van der Waals surface area contributed by atoms with Crippen LogP contribution in [0.25, 0.3) is 10.2 Å². The van der Waals surface area contributed by atoms with E-state index in [1.807, 2.05) is 35.2 Å². The third kappa shape index (κ3) is 2.70. The van der Waals surface area contributed by atoms with Gasteiger partial charge >= 0.3 is 0 Å². The third-order valence-electron chi connectivity index (χ3n) is 4.99. The number of thiazole rings is 1. The molecule has 1 unspecified atom stereocenters. The first-order valence-corrected chi connectivity index (χ1v) is 9.64. The lowest BCUT2D eigenvalue weighted by Crippen LogP contribution is -2.39. The molecule has 26 heavy (non-hydrogen) atoms. The number of benzene rings is 2. The van der Waals surface area contributed by atoms with E-state index in [9.17, 15) is 4.79 Å². The van der Waals surface area contributed by atoms with Gasteiger partial charge in [-0.05, 0) is 43.2 Å². The van der Waals surface area contributed by atoms with Crippen molar-refractivity contribution in [2.45, 2.75) is 18.8 Å². The summed E-state index contributed by atoms with van der Waals surface area (Å²) in [5, 5.41) is 1.13. The fourth-order valence-electron chi connectivity index (χ4n) is 3.64. The van der Waals surface area contributed by atoms with Crippen LogP contribution in [-0.4, -0.2) is 35.7 Å². The molecule has 1 amide bonds. The number of para-hydroxylation sites is 1. The molecule has 5 nitrogen and oxygen atoms in total. The van der Waals surface area contributed by atoms with Crippen LogP contribution >= 0.6 is 11.3 Å². The molecule has 2 aliphatic rings. The molecule has 1 fully saturated rings. The first-order valence-electron chi connectivity index (χ1n) is 8.82. The van der Waals surface area contributed by atoms with E-state index in [0.29, 0.717) is 29.5 Å². The SMILES string of the molecule is O=C(c1ccc2c(c1)OCO2)N1CCCC(c2nc3ccccc3s2)C1. The third-order valence-corrected chi connectivity index (χ3v) is 6.19. The molecule has 3 aromatic rings. The summed E-state index contributed by atoms with van der Waals surface area (Å²) in [7, 11) is 0. The maximum atomic E-state index is 13.0. The number of piperidine rings is 1. The van der Waals surface area contributed by atoms with Crippen LogP contribution in [0.4, 0.5) is 0 Å². The summed E-state index contributed by atoms with van der Waals surface area (Å²) in [6.07, 6.45) is 2.07. The molecule has 0 aliphatic carbocycles. The molecule has 1 saturated heterocycles. The molecule has 6 heteroatoms. The number of hydrogen-bond donors (Lipinski definition) is 0. The Bertz CT molecular complexity index is 951. The number of hydrogen-bond acceptors (Lipinski definition) is 5. The molecular weight excluding hydrogens is 348 g/mol. The number of carbonyl (C=O) groups is 1. The molecule has 0 bridgehead atoms. The van der Waals surface area contributed by atoms with Crippen molar-refractivity contribution in [1.82, 2.24) is 9.88 Å². The van der Waals surface area contributed by atoms with Crippen LogP contribution < -0.4 is 9.47 Å². The maximum absolute atomic E-state index is 13.0. The second kappa shape index (κ2) is 6.29. The highest BCUT2D eigenvalue weighted by Crippen LogP contribution is 2.35. The van der Waals surface area contributed by atoms with Crippen LogP contribution in [0.2, 0.25) is 0 Å². The zero-order chi connectivity index (χ0) is 17.5. The van der Waals surface area contributed by atoms with Gasteiger partial charge in [0.05, 0.1) is 15.2 Å². The van der Waals surface area contributed by atoms with E-state index in [-0.39, 0.29) is 12.7 Å². The Hall–Kier alpha value is -2.60. The predicted molar refractivity (Wildman–Crippen MR) is 100 cm³/mol. The fourth-order valence-corrected chi connectivity index (χ4v) is 4.73. The van der Waals surface area contributed by atoms with Gasteiger partial charge in [-0.25, -0.2) is 4.98 Å². The lowest BCUT2D eigenvalue weighted by molar-refractivity contribution is 0.0706. The highest BCUT2D eigenvalue weighted by molar-refractivity contribution is 7.18. The van der Waals surface area contributed by atoms with E-state index in [4.69, 9.17) is 14.5 Å². The smallest absolute Gasteiger partial charge is 0.254 e. The summed E-state index contributed by atoms with van der Waals surface area (Å²) in [4.78, 5) is 19.7. The number of likely N-dealkylation sites (tertiary alicyclic amines) is 1. The Morgan fingerprint density at radius 3 is 2.96 bits per heavy atom.